The van der Waals surface area contributed by atoms with Crippen molar-refractivity contribution in [1.82, 2.24) is 0 Å². The van der Waals surface area contributed by atoms with Crippen molar-refractivity contribution in [2.45, 2.75) is 71.1 Å². The van der Waals surface area contributed by atoms with Crippen LogP contribution in [0.3, 0.4) is 0 Å². The smallest absolute Gasteiger partial charge is 0.316 e. The minimum atomic E-state index is -0.668. The zero-order chi connectivity index (χ0) is 12.1. The van der Waals surface area contributed by atoms with Gasteiger partial charge in [-0.25, -0.2) is 0 Å². The molecule has 0 unspecified atom stereocenters. The molecule has 2 nitrogen and oxygen atoms in total. The predicted octanol–water partition coefficient (Wildman–Crippen LogP) is 3.63. The monoisotopic (exact) mass is 252 g/mol. The highest BCUT2D eigenvalue weighted by Gasteiger charge is 1.95. The zero-order valence-electron chi connectivity index (χ0n) is 10.6. The summed E-state index contributed by atoms with van der Waals surface area (Å²) in [6.45, 7) is 2.21. The van der Waals surface area contributed by atoms with Crippen molar-refractivity contribution >= 4 is 29.0 Å². The topological polar surface area (TPSA) is 37.3 Å². The lowest BCUT2D eigenvalue weighted by molar-refractivity contribution is -0.137. The average Bonchev–Trinajstić information content (AvgIpc) is 2.25. The Balaban J connectivity index is 0. The molecule has 0 aliphatic rings. The third-order valence-corrected chi connectivity index (χ3v) is 2.65. The van der Waals surface area contributed by atoms with E-state index in [2.05, 4.69) is 19.1 Å². The molecule has 98 valence electrons. The van der Waals surface area contributed by atoms with Crippen molar-refractivity contribution < 1.29 is 9.90 Å². The van der Waals surface area contributed by atoms with Crippen LogP contribution in [-0.2, 0) is 4.79 Å². The van der Waals surface area contributed by atoms with Gasteiger partial charge < -0.3 is 5.11 Å². The summed E-state index contributed by atoms with van der Waals surface area (Å²) < 4.78 is 0. The average molecular weight is 253 g/mol. The molecule has 0 heterocycles. The second-order valence-corrected chi connectivity index (χ2v) is 4.31. The number of rotatable bonds is 11. The predicted molar refractivity (Wildman–Crippen MR) is 77.2 cm³/mol. The summed E-state index contributed by atoms with van der Waals surface area (Å²) in [5.74, 6) is -0.668. The van der Waals surface area contributed by atoms with Gasteiger partial charge in [-0.15, -0.1) is 0 Å². The van der Waals surface area contributed by atoms with Crippen molar-refractivity contribution in [1.29, 1.82) is 0 Å². The highest BCUT2D eigenvalue weighted by atomic mass is 24.3. The fourth-order valence-electron chi connectivity index (χ4n) is 1.63. The van der Waals surface area contributed by atoms with Crippen molar-refractivity contribution in [3.05, 3.63) is 12.2 Å². The molecule has 1 N–H and O–H groups in total. The Kier molecular flexibility index (Phi) is 18.2. The van der Waals surface area contributed by atoms with Gasteiger partial charge in [0.15, 0.2) is 0 Å². The fraction of sp³-hybridized carbons (Fsp3) is 0.786. The summed E-state index contributed by atoms with van der Waals surface area (Å²) in [4.78, 5) is 10.3. The lowest BCUT2D eigenvalue weighted by Crippen LogP contribution is -1.93. The molecule has 17 heavy (non-hydrogen) atoms. The van der Waals surface area contributed by atoms with Crippen molar-refractivity contribution in [3.8, 4) is 0 Å². The zero-order valence-corrected chi connectivity index (χ0v) is 10.6. The maximum atomic E-state index is 10.3. The summed E-state index contributed by atoms with van der Waals surface area (Å²) in [7, 11) is 0. The molecular weight excluding hydrogens is 224 g/mol. The number of carboxylic acid groups (broad SMARTS) is 1. The molecule has 0 saturated heterocycles. The molecule has 0 aliphatic heterocycles. The number of carbonyl (C=O) groups is 1. The molecule has 0 radical (unpaired) electrons. The first-order valence-corrected chi connectivity index (χ1v) is 6.64. The van der Waals surface area contributed by atoms with E-state index in [0.717, 1.165) is 12.8 Å². The standard InChI is InChI=1S/C14H26O2.Mg.2H/c1-2-3-4-5-6-7-8-9-10-11-12-13-14(15)16;;;/h5-6H,2-4,7-13H2,1H3,(H,15,16);;;. The van der Waals surface area contributed by atoms with Crippen LogP contribution in [0.2, 0.25) is 0 Å². The van der Waals surface area contributed by atoms with Gasteiger partial charge in [-0.3, -0.25) is 4.79 Å². The van der Waals surface area contributed by atoms with E-state index in [0.29, 0.717) is 6.42 Å². The van der Waals surface area contributed by atoms with E-state index in [9.17, 15) is 4.79 Å². The van der Waals surface area contributed by atoms with Crippen LogP contribution >= 0.6 is 0 Å². The second kappa shape index (κ2) is 16.0. The van der Waals surface area contributed by atoms with Crippen LogP contribution in [-0.4, -0.2) is 34.1 Å². The lowest BCUT2D eigenvalue weighted by atomic mass is 10.1. The number of aliphatic carboxylic acids is 1. The van der Waals surface area contributed by atoms with Gasteiger partial charge in [-0.2, -0.15) is 0 Å². The Morgan fingerprint density at radius 3 is 2.06 bits per heavy atom. The molecule has 0 amide bonds. The molecule has 0 aromatic heterocycles. The molecule has 0 bridgehead atoms. The molecule has 0 saturated carbocycles. The first-order chi connectivity index (χ1) is 7.77. The van der Waals surface area contributed by atoms with Gasteiger partial charge in [0.1, 0.15) is 0 Å². The van der Waals surface area contributed by atoms with Crippen LogP contribution < -0.4 is 0 Å². The van der Waals surface area contributed by atoms with E-state index in [-0.39, 0.29) is 23.1 Å². The van der Waals surface area contributed by atoms with E-state index in [1.165, 1.54) is 44.9 Å². The maximum absolute atomic E-state index is 10.3. The summed E-state index contributed by atoms with van der Waals surface area (Å²) in [6, 6.07) is 0. The second-order valence-electron chi connectivity index (χ2n) is 4.31. The molecule has 3 heteroatoms. The van der Waals surface area contributed by atoms with E-state index in [4.69, 9.17) is 5.11 Å². The fourth-order valence-corrected chi connectivity index (χ4v) is 1.63. The maximum Gasteiger partial charge on any atom is 0.316 e. The van der Waals surface area contributed by atoms with Gasteiger partial charge >= 0.3 is 29.0 Å². The Morgan fingerprint density at radius 1 is 0.941 bits per heavy atom. The molecule has 0 rings (SSSR count). The first kappa shape index (κ1) is 19.3. The van der Waals surface area contributed by atoms with Crippen LogP contribution in [0, 0.1) is 0 Å². The Morgan fingerprint density at radius 2 is 1.47 bits per heavy atom. The van der Waals surface area contributed by atoms with E-state index in [1.54, 1.807) is 0 Å². The Hall–Kier alpha value is -0.0238. The van der Waals surface area contributed by atoms with Gasteiger partial charge in [0.25, 0.3) is 0 Å². The summed E-state index contributed by atoms with van der Waals surface area (Å²) in [5, 5.41) is 8.45. The third kappa shape index (κ3) is 18.5. The molecular formula is C14H28MgO2. The number of unbranched alkanes of at least 4 members (excludes halogenated alkanes) is 7. The molecule has 0 aromatic carbocycles. The quantitative estimate of drug-likeness (QED) is 0.346. The third-order valence-electron chi connectivity index (χ3n) is 2.65. The molecule has 0 aliphatic carbocycles. The van der Waals surface area contributed by atoms with Crippen LogP contribution in [0.15, 0.2) is 12.2 Å². The highest BCUT2D eigenvalue weighted by molar-refractivity contribution is 5.75. The number of allylic oxidation sites excluding steroid dienone is 2. The lowest BCUT2D eigenvalue weighted by Gasteiger charge is -1.98. The largest absolute Gasteiger partial charge is 0.481 e. The summed E-state index contributed by atoms with van der Waals surface area (Å²) >= 11 is 0. The van der Waals surface area contributed by atoms with Crippen LogP contribution in [0.4, 0.5) is 0 Å². The van der Waals surface area contributed by atoms with Gasteiger partial charge in [-0.05, 0) is 25.7 Å². The van der Waals surface area contributed by atoms with Crippen molar-refractivity contribution in [2.75, 3.05) is 0 Å². The molecule has 0 spiro atoms. The van der Waals surface area contributed by atoms with Gasteiger partial charge in [0.05, 0.1) is 0 Å². The molecule has 0 fully saturated rings. The number of hydrogen-bond donors (Lipinski definition) is 1. The Bertz CT molecular complexity index is 191. The van der Waals surface area contributed by atoms with Gasteiger partial charge in [-0.1, -0.05) is 51.2 Å². The summed E-state index contributed by atoms with van der Waals surface area (Å²) in [6.07, 6.45) is 15.4. The van der Waals surface area contributed by atoms with Crippen molar-refractivity contribution in [2.24, 2.45) is 0 Å². The van der Waals surface area contributed by atoms with Crippen molar-refractivity contribution in [3.63, 3.8) is 0 Å². The van der Waals surface area contributed by atoms with Crippen LogP contribution in [0.25, 0.3) is 0 Å². The van der Waals surface area contributed by atoms with E-state index in [1.807, 2.05) is 0 Å². The first-order valence-electron chi connectivity index (χ1n) is 6.64. The minimum Gasteiger partial charge on any atom is -0.481 e. The highest BCUT2D eigenvalue weighted by Crippen LogP contribution is 2.08. The SMILES string of the molecule is CCCCC=CCCCCCCCC(=O)O.[MgH2]. The minimum absolute atomic E-state index is 0. The normalized spacial score (nSPS) is 10.4. The molecule has 0 atom stereocenters. The molecule has 0 aromatic rings. The van der Waals surface area contributed by atoms with Crippen LogP contribution in [0.5, 0.6) is 0 Å². The Labute approximate surface area is 122 Å². The number of hydrogen-bond acceptors (Lipinski definition) is 1. The number of carboxylic acids is 1. The van der Waals surface area contributed by atoms with Gasteiger partial charge in [0.2, 0.25) is 0 Å². The van der Waals surface area contributed by atoms with Gasteiger partial charge in [0, 0.05) is 6.42 Å². The van der Waals surface area contributed by atoms with E-state index < -0.39 is 5.97 Å². The van der Waals surface area contributed by atoms with Crippen LogP contribution in [0.1, 0.15) is 71.1 Å². The van der Waals surface area contributed by atoms with E-state index >= 15 is 0 Å². The summed E-state index contributed by atoms with van der Waals surface area (Å²) in [5.41, 5.74) is 0.